The van der Waals surface area contributed by atoms with Gasteiger partial charge in [-0.15, -0.1) is 0 Å². The molecule has 4 rings (SSSR count). The second kappa shape index (κ2) is 8.18. The minimum absolute atomic E-state index is 0.0150. The molecule has 1 atom stereocenters. The number of carbonyl (C=O) groups excluding carboxylic acids is 1. The number of para-hydroxylation sites is 1. The van der Waals surface area contributed by atoms with Crippen LogP contribution in [0.5, 0.6) is 0 Å². The van der Waals surface area contributed by atoms with Gasteiger partial charge in [0.15, 0.2) is 5.82 Å². The highest BCUT2D eigenvalue weighted by Crippen LogP contribution is 2.26. The van der Waals surface area contributed by atoms with Gasteiger partial charge in [-0.3, -0.25) is 14.6 Å². The number of pyridine rings is 1. The first-order valence-corrected chi connectivity index (χ1v) is 10.3. The van der Waals surface area contributed by atoms with Crippen molar-refractivity contribution in [2.45, 2.75) is 33.7 Å². The molecule has 0 saturated heterocycles. The summed E-state index contributed by atoms with van der Waals surface area (Å²) in [4.78, 5) is 40.5. The van der Waals surface area contributed by atoms with E-state index in [0.29, 0.717) is 22.8 Å². The average molecular weight is 415 g/mol. The number of fused-ring (bicyclic) bond motifs is 1. The van der Waals surface area contributed by atoms with Crippen molar-refractivity contribution in [3.63, 3.8) is 0 Å². The normalized spacial score (nSPS) is 12.3. The van der Waals surface area contributed by atoms with Crippen molar-refractivity contribution in [3.8, 4) is 11.5 Å². The molecule has 0 radical (unpaired) electrons. The van der Waals surface area contributed by atoms with E-state index in [2.05, 4.69) is 25.3 Å². The summed E-state index contributed by atoms with van der Waals surface area (Å²) in [6.45, 7) is 7.99. The van der Waals surface area contributed by atoms with Gasteiger partial charge >= 0.3 is 0 Å². The Kier molecular flexibility index (Phi) is 5.42. The lowest BCUT2D eigenvalue weighted by Gasteiger charge is -2.22. The van der Waals surface area contributed by atoms with E-state index in [1.165, 1.54) is 6.07 Å². The van der Waals surface area contributed by atoms with Crippen molar-refractivity contribution in [1.82, 2.24) is 25.3 Å². The minimum Gasteiger partial charge on any atom is -0.358 e. The lowest BCUT2D eigenvalue weighted by Crippen LogP contribution is -2.33. The molecule has 0 aliphatic rings. The van der Waals surface area contributed by atoms with Gasteiger partial charge in [-0.05, 0) is 43.5 Å². The molecule has 0 fully saturated rings. The Hall–Kier alpha value is -3.74. The van der Waals surface area contributed by atoms with Crippen LogP contribution in [-0.2, 0) is 0 Å². The maximum absolute atomic E-state index is 13.3. The Labute approximate surface area is 180 Å². The molecule has 3 heterocycles. The zero-order chi connectivity index (χ0) is 22.1. The van der Waals surface area contributed by atoms with Crippen LogP contribution in [0.2, 0.25) is 0 Å². The molecule has 0 saturated carbocycles. The molecule has 3 aromatic heterocycles. The molecule has 0 aliphatic heterocycles. The maximum Gasteiger partial charge on any atom is 0.253 e. The Morgan fingerprint density at radius 3 is 2.58 bits per heavy atom. The SMILES string of the molecule is Cc1[nH]c2c(C(=O)N[C@@H](c3cc(=O)[nH]c(-c4ccccn4)n3)C(C)C)cccc2c1C. The molecule has 3 N–H and O–H groups in total. The molecule has 158 valence electrons. The molecule has 0 aliphatic carbocycles. The fraction of sp³-hybridized carbons (Fsp3) is 0.250. The van der Waals surface area contributed by atoms with Crippen molar-refractivity contribution in [2.24, 2.45) is 5.92 Å². The number of hydrogen-bond donors (Lipinski definition) is 3. The first-order chi connectivity index (χ1) is 14.8. The van der Waals surface area contributed by atoms with Crippen LogP contribution in [-0.4, -0.2) is 25.8 Å². The Balaban J connectivity index is 1.71. The van der Waals surface area contributed by atoms with Crippen LogP contribution >= 0.6 is 0 Å². The number of aryl methyl sites for hydroxylation is 2. The van der Waals surface area contributed by atoms with E-state index >= 15 is 0 Å². The maximum atomic E-state index is 13.3. The van der Waals surface area contributed by atoms with Crippen LogP contribution in [0, 0.1) is 19.8 Å². The third kappa shape index (κ3) is 3.99. The number of rotatable bonds is 5. The van der Waals surface area contributed by atoms with E-state index in [0.717, 1.165) is 22.2 Å². The number of benzene rings is 1. The standard InChI is InChI=1S/C24H25N5O2/c1-13(2)21(19-12-20(30)28-23(27-19)18-10-5-6-11-25-18)29-24(31)17-9-7-8-16-14(3)15(4)26-22(16)17/h5-13,21,26H,1-4H3,(H,29,31)(H,27,28,30)/t21-/m1/s1. The molecule has 4 aromatic rings. The van der Waals surface area contributed by atoms with Crippen molar-refractivity contribution >= 4 is 16.8 Å². The Bertz CT molecular complexity index is 1300. The first-order valence-electron chi connectivity index (χ1n) is 10.3. The van der Waals surface area contributed by atoms with Gasteiger partial charge in [-0.2, -0.15) is 0 Å². The number of nitrogens with zero attached hydrogens (tertiary/aromatic N) is 2. The summed E-state index contributed by atoms with van der Waals surface area (Å²) in [7, 11) is 0. The number of nitrogens with one attached hydrogen (secondary N) is 3. The van der Waals surface area contributed by atoms with Crippen LogP contribution in [0.15, 0.2) is 53.5 Å². The second-order valence-electron chi connectivity index (χ2n) is 8.03. The van der Waals surface area contributed by atoms with Crippen molar-refractivity contribution in [2.75, 3.05) is 0 Å². The number of hydrogen-bond acceptors (Lipinski definition) is 4. The summed E-state index contributed by atoms with van der Waals surface area (Å²) < 4.78 is 0. The van der Waals surface area contributed by atoms with E-state index in [9.17, 15) is 9.59 Å². The van der Waals surface area contributed by atoms with Gasteiger partial charge in [-0.25, -0.2) is 4.98 Å². The zero-order valence-corrected chi connectivity index (χ0v) is 18.0. The molecular weight excluding hydrogens is 390 g/mol. The Morgan fingerprint density at radius 2 is 1.87 bits per heavy atom. The second-order valence-corrected chi connectivity index (χ2v) is 8.03. The number of carbonyl (C=O) groups is 1. The minimum atomic E-state index is -0.440. The van der Waals surface area contributed by atoms with Crippen molar-refractivity contribution in [1.29, 1.82) is 0 Å². The highest BCUT2D eigenvalue weighted by atomic mass is 16.1. The van der Waals surface area contributed by atoms with Gasteiger partial charge in [0.2, 0.25) is 0 Å². The van der Waals surface area contributed by atoms with Gasteiger partial charge in [0.1, 0.15) is 5.69 Å². The van der Waals surface area contributed by atoms with E-state index in [1.807, 2.05) is 45.9 Å². The lowest BCUT2D eigenvalue weighted by atomic mass is 9.99. The predicted octanol–water partition coefficient (Wildman–Crippen LogP) is 4.06. The highest BCUT2D eigenvalue weighted by molar-refractivity contribution is 6.06. The average Bonchev–Trinajstić information content (AvgIpc) is 3.05. The summed E-state index contributed by atoms with van der Waals surface area (Å²) >= 11 is 0. The quantitative estimate of drug-likeness (QED) is 0.457. The fourth-order valence-electron chi connectivity index (χ4n) is 3.73. The van der Waals surface area contributed by atoms with Crippen LogP contribution in [0.4, 0.5) is 0 Å². The topological polar surface area (TPSA) is 104 Å². The highest BCUT2D eigenvalue weighted by Gasteiger charge is 2.23. The number of amides is 1. The largest absolute Gasteiger partial charge is 0.358 e. The summed E-state index contributed by atoms with van der Waals surface area (Å²) in [6.07, 6.45) is 1.64. The van der Waals surface area contributed by atoms with Crippen LogP contribution in [0.3, 0.4) is 0 Å². The van der Waals surface area contributed by atoms with Gasteiger partial charge in [0.25, 0.3) is 11.5 Å². The van der Waals surface area contributed by atoms with Crippen molar-refractivity contribution in [3.05, 3.63) is 81.5 Å². The van der Waals surface area contributed by atoms with Crippen LogP contribution < -0.4 is 10.9 Å². The molecule has 1 amide bonds. The molecule has 1 aromatic carbocycles. The van der Waals surface area contributed by atoms with Gasteiger partial charge in [-0.1, -0.05) is 32.0 Å². The van der Waals surface area contributed by atoms with Gasteiger partial charge < -0.3 is 15.3 Å². The first kappa shape index (κ1) is 20.5. The number of aromatic nitrogens is 4. The fourth-order valence-corrected chi connectivity index (χ4v) is 3.73. The Morgan fingerprint density at radius 1 is 1.06 bits per heavy atom. The molecule has 7 heteroatoms. The summed E-state index contributed by atoms with van der Waals surface area (Å²) in [5.41, 5.74) is 4.31. The van der Waals surface area contributed by atoms with E-state index in [-0.39, 0.29) is 17.4 Å². The predicted molar refractivity (Wildman–Crippen MR) is 121 cm³/mol. The molecule has 0 unspecified atom stereocenters. The third-order valence-corrected chi connectivity index (χ3v) is 5.53. The summed E-state index contributed by atoms with van der Waals surface area (Å²) in [6, 6.07) is 12.1. The molecule has 0 bridgehead atoms. The zero-order valence-electron chi connectivity index (χ0n) is 18.0. The number of aromatic amines is 2. The monoisotopic (exact) mass is 415 g/mol. The van der Waals surface area contributed by atoms with E-state index < -0.39 is 6.04 Å². The van der Waals surface area contributed by atoms with Crippen molar-refractivity contribution < 1.29 is 4.79 Å². The van der Waals surface area contributed by atoms with E-state index in [1.54, 1.807) is 24.4 Å². The summed E-state index contributed by atoms with van der Waals surface area (Å²) in [5, 5.41) is 4.11. The lowest BCUT2D eigenvalue weighted by molar-refractivity contribution is 0.0926. The van der Waals surface area contributed by atoms with Crippen LogP contribution in [0.25, 0.3) is 22.4 Å². The smallest absolute Gasteiger partial charge is 0.253 e. The van der Waals surface area contributed by atoms with E-state index in [4.69, 9.17) is 0 Å². The molecule has 0 spiro atoms. The van der Waals surface area contributed by atoms with Gasteiger partial charge in [0, 0.05) is 23.3 Å². The third-order valence-electron chi connectivity index (χ3n) is 5.53. The molecular formula is C24H25N5O2. The molecule has 31 heavy (non-hydrogen) atoms. The van der Waals surface area contributed by atoms with Crippen LogP contribution in [0.1, 0.15) is 47.2 Å². The number of H-pyrrole nitrogens is 2. The summed E-state index contributed by atoms with van der Waals surface area (Å²) in [5.74, 6) is 0.175. The molecule has 7 nitrogen and oxygen atoms in total. The van der Waals surface area contributed by atoms with Gasteiger partial charge in [0.05, 0.1) is 22.8 Å².